The van der Waals surface area contributed by atoms with Gasteiger partial charge in [0.05, 0.1) is 38.9 Å². The average Bonchev–Trinajstić information content (AvgIpc) is 3.40. The first-order valence-electron chi connectivity index (χ1n) is 17.4. The Kier molecular flexibility index (Phi) is 21.7. The van der Waals surface area contributed by atoms with Crippen LogP contribution in [-0.2, 0) is 31.6 Å². The SMILES string of the molecule is CCCC[N+](CCCC)(CCCC)CCCC.NCCCC#Cc1cn([C@H]2C[C@H](O)[C@@H](COP(=O)(O)OP(=O)(O)OP(=O)(O)O)O2)c(=O)[nH]c1=O. The fraction of sp³-hybridized carbons (Fsp3) is 0.800. The Morgan fingerprint density at radius 3 is 1.90 bits per heavy atom. The zero-order valence-corrected chi connectivity index (χ0v) is 32.7. The summed E-state index contributed by atoms with van der Waals surface area (Å²) in [5, 5.41) is 10.1. The molecule has 1 aliphatic heterocycles. The van der Waals surface area contributed by atoms with E-state index in [1.165, 1.54) is 82.0 Å². The van der Waals surface area contributed by atoms with E-state index in [1.54, 1.807) is 0 Å². The lowest BCUT2D eigenvalue weighted by Crippen LogP contribution is -2.50. The van der Waals surface area contributed by atoms with Crippen LogP contribution in [0.15, 0.2) is 15.8 Å². The maximum atomic E-state index is 12.2. The van der Waals surface area contributed by atoms with Crippen LogP contribution in [0.3, 0.4) is 0 Å². The third-order valence-electron chi connectivity index (χ3n) is 7.97. The molecule has 5 atom stereocenters. The lowest BCUT2D eigenvalue weighted by molar-refractivity contribution is -0.929. The van der Waals surface area contributed by atoms with Crippen LogP contribution in [0.2, 0.25) is 0 Å². The number of aliphatic hydroxyl groups is 1. The number of aliphatic hydroxyl groups excluding tert-OH is 1. The molecule has 1 aliphatic rings. The first-order chi connectivity index (χ1) is 23.9. The van der Waals surface area contributed by atoms with Gasteiger partial charge < -0.3 is 39.6 Å². The highest BCUT2D eigenvalue weighted by Gasteiger charge is 2.43. The predicted molar refractivity (Wildman–Crippen MR) is 190 cm³/mol. The summed E-state index contributed by atoms with van der Waals surface area (Å²) < 4.78 is 53.1. The van der Waals surface area contributed by atoms with Crippen molar-refractivity contribution in [3.63, 3.8) is 0 Å². The number of nitrogens with two attached hydrogens (primary N) is 1. The molecule has 1 fully saturated rings. The van der Waals surface area contributed by atoms with Gasteiger partial charge in [-0.15, -0.1) is 0 Å². The largest absolute Gasteiger partial charge is 0.490 e. The summed E-state index contributed by atoms with van der Waals surface area (Å²) in [7, 11) is -16.7. The highest BCUT2D eigenvalue weighted by Crippen LogP contribution is 2.66. The second-order valence-corrected chi connectivity index (χ2v) is 16.8. The monoisotopic (exact) mass is 791 g/mol. The molecule has 0 aliphatic carbocycles. The molecule has 0 aromatic carbocycles. The molecule has 0 spiro atoms. The molecule has 0 bridgehead atoms. The Labute approximate surface area is 299 Å². The van der Waals surface area contributed by atoms with Crippen molar-refractivity contribution in [1.29, 1.82) is 0 Å². The highest BCUT2D eigenvalue weighted by atomic mass is 31.3. The molecule has 2 unspecified atom stereocenters. The fourth-order valence-corrected chi connectivity index (χ4v) is 8.32. The van der Waals surface area contributed by atoms with E-state index in [9.17, 15) is 33.3 Å². The first kappa shape index (κ1) is 47.5. The summed E-state index contributed by atoms with van der Waals surface area (Å²) in [4.78, 5) is 61.8. The van der Waals surface area contributed by atoms with Crippen LogP contribution in [0.25, 0.3) is 0 Å². The van der Waals surface area contributed by atoms with Crippen molar-refractivity contribution < 1.29 is 60.7 Å². The number of quaternary nitrogens is 1. The van der Waals surface area contributed by atoms with E-state index in [-0.39, 0.29) is 12.0 Å². The average molecular weight is 792 g/mol. The minimum atomic E-state index is -5.71. The van der Waals surface area contributed by atoms with Crippen LogP contribution in [0.5, 0.6) is 0 Å². The van der Waals surface area contributed by atoms with E-state index in [1.807, 2.05) is 4.98 Å². The zero-order valence-electron chi connectivity index (χ0n) is 30.1. The number of phosphoric ester groups is 1. The van der Waals surface area contributed by atoms with E-state index < -0.39 is 59.8 Å². The quantitative estimate of drug-likeness (QED) is 0.0383. The van der Waals surface area contributed by atoms with Gasteiger partial charge in [-0.1, -0.05) is 65.2 Å². The minimum absolute atomic E-state index is 0.0635. The van der Waals surface area contributed by atoms with E-state index in [4.69, 9.17) is 25.2 Å². The number of nitrogens with one attached hydrogen (secondary N) is 1. The molecular weight excluding hydrogens is 733 g/mol. The van der Waals surface area contributed by atoms with Crippen LogP contribution in [-0.4, -0.2) is 90.3 Å². The number of ether oxygens (including phenoxy) is 1. The lowest BCUT2D eigenvalue weighted by atomic mass is 10.1. The maximum absolute atomic E-state index is 12.2. The standard InChI is InChI=1S/C16H36N.C14H22N3O14P3/c1-5-9-13-17(14-10-6-2,15-11-7-3)16-12-8-4;15-5-3-1-2-4-9-7-17(14(20)16-13(9)19)12-6-10(18)11(29-12)8-28-33(24,25)31-34(26,27)30-32(21,22)23/h5-16H2,1-4H3;7,10-12,18H,1,3,5-6,8,15H2,(H,24,25)(H,26,27)(H,16,19,20)(H2,21,22,23)/q+1;/t;10-,11+,12+/m.0/s1. The molecule has 18 nitrogen and oxygen atoms in total. The Balaban J connectivity index is 0.000000645. The van der Waals surface area contributed by atoms with E-state index >= 15 is 0 Å². The van der Waals surface area contributed by atoms with Crippen molar-refractivity contribution in [2.24, 2.45) is 5.73 Å². The van der Waals surface area contributed by atoms with Crippen LogP contribution >= 0.6 is 23.5 Å². The summed E-state index contributed by atoms with van der Waals surface area (Å²) in [5.41, 5.74) is 3.66. The molecule has 0 saturated carbocycles. The molecule has 1 aromatic heterocycles. The smallest absolute Gasteiger partial charge is 0.390 e. The van der Waals surface area contributed by atoms with E-state index in [2.05, 4.69) is 52.7 Å². The summed E-state index contributed by atoms with van der Waals surface area (Å²) in [6.45, 7) is 14.5. The Morgan fingerprint density at radius 1 is 0.902 bits per heavy atom. The molecule has 2 rings (SSSR count). The van der Waals surface area contributed by atoms with Crippen molar-refractivity contribution in [3.8, 4) is 11.8 Å². The van der Waals surface area contributed by atoms with Gasteiger partial charge in [-0.2, -0.15) is 8.62 Å². The van der Waals surface area contributed by atoms with Crippen LogP contribution < -0.4 is 17.0 Å². The number of aromatic nitrogens is 2. The first-order valence-corrected chi connectivity index (χ1v) is 21.9. The van der Waals surface area contributed by atoms with Crippen molar-refractivity contribution in [2.75, 3.05) is 39.3 Å². The molecule has 0 radical (unpaired) electrons. The number of nitrogens with zero attached hydrogens (tertiary/aromatic N) is 2. The Morgan fingerprint density at radius 2 is 1.43 bits per heavy atom. The van der Waals surface area contributed by atoms with Gasteiger partial charge in [0.2, 0.25) is 0 Å². The summed E-state index contributed by atoms with van der Waals surface area (Å²) in [6, 6.07) is 0. The number of aromatic amines is 1. The second-order valence-electron chi connectivity index (χ2n) is 12.4. The molecule has 2 heterocycles. The maximum Gasteiger partial charge on any atom is 0.490 e. The third-order valence-corrected chi connectivity index (χ3v) is 11.8. The summed E-state index contributed by atoms with van der Waals surface area (Å²) >= 11 is 0. The normalized spacial score (nSPS) is 20.1. The fourth-order valence-electron chi connectivity index (χ4n) is 5.29. The molecule has 296 valence electrons. The van der Waals surface area contributed by atoms with Gasteiger partial charge >= 0.3 is 29.2 Å². The van der Waals surface area contributed by atoms with Gasteiger partial charge in [0.25, 0.3) is 5.56 Å². The molecule has 8 N–H and O–H groups in total. The van der Waals surface area contributed by atoms with Gasteiger partial charge in [0.1, 0.15) is 17.9 Å². The second kappa shape index (κ2) is 23.3. The van der Waals surface area contributed by atoms with Crippen molar-refractivity contribution in [3.05, 3.63) is 32.6 Å². The number of hydrogen-bond donors (Lipinski definition) is 7. The number of rotatable bonds is 22. The highest BCUT2D eigenvalue weighted by molar-refractivity contribution is 7.66. The van der Waals surface area contributed by atoms with E-state index in [0.717, 1.165) is 10.8 Å². The van der Waals surface area contributed by atoms with Crippen LogP contribution in [0, 0.1) is 11.8 Å². The van der Waals surface area contributed by atoms with Gasteiger partial charge in [-0.05, 0) is 38.6 Å². The predicted octanol–water partition coefficient (Wildman–Crippen LogP) is 3.62. The molecule has 1 aromatic rings. The van der Waals surface area contributed by atoms with Crippen molar-refractivity contribution in [2.45, 2.75) is 117 Å². The number of H-pyrrole nitrogens is 1. The number of unbranched alkanes of at least 4 members (excludes halogenated alkanes) is 5. The van der Waals surface area contributed by atoms with Gasteiger partial charge in [0.15, 0.2) is 0 Å². The molecule has 1 saturated heterocycles. The Hall–Kier alpha value is -1.51. The molecule has 51 heavy (non-hydrogen) atoms. The van der Waals surface area contributed by atoms with Gasteiger partial charge in [0, 0.05) is 19.0 Å². The number of hydrogen-bond acceptors (Lipinski definition) is 11. The molecular formula is C30H58N4O14P3+. The molecule has 0 amide bonds. The van der Waals surface area contributed by atoms with E-state index in [0.29, 0.717) is 19.4 Å². The third kappa shape index (κ3) is 18.9. The topological polar surface area (TPSA) is 270 Å². The van der Waals surface area contributed by atoms with Crippen molar-refractivity contribution >= 4 is 23.5 Å². The lowest BCUT2D eigenvalue weighted by Gasteiger charge is -2.39. The van der Waals surface area contributed by atoms with Gasteiger partial charge in [-0.3, -0.25) is 18.9 Å². The zero-order chi connectivity index (χ0) is 38.7. The van der Waals surface area contributed by atoms with Crippen LogP contribution in [0.4, 0.5) is 0 Å². The summed E-state index contributed by atoms with van der Waals surface area (Å²) in [5.74, 6) is 5.31. The Bertz CT molecular complexity index is 1470. The van der Waals surface area contributed by atoms with Crippen molar-refractivity contribution in [1.82, 2.24) is 9.55 Å². The summed E-state index contributed by atoms with van der Waals surface area (Å²) in [6.07, 6.45) is 9.08. The molecule has 21 heteroatoms. The van der Waals surface area contributed by atoms with Gasteiger partial charge in [-0.25, -0.2) is 18.5 Å². The number of phosphoric acid groups is 3. The minimum Gasteiger partial charge on any atom is -0.390 e. The van der Waals surface area contributed by atoms with Crippen LogP contribution in [0.1, 0.15) is 110 Å².